The molecule has 0 spiro atoms. The summed E-state index contributed by atoms with van der Waals surface area (Å²) >= 11 is 0. The summed E-state index contributed by atoms with van der Waals surface area (Å²) in [5, 5.41) is 0. The summed E-state index contributed by atoms with van der Waals surface area (Å²) in [5.74, 6) is 4.62. The van der Waals surface area contributed by atoms with Crippen LogP contribution in [0.15, 0.2) is 0 Å². The number of fused-ring (bicyclic) bond motifs is 5. The molecule has 0 aromatic heterocycles. The molecular weight excluding hydrogens is 246 g/mol. The van der Waals surface area contributed by atoms with Gasteiger partial charge in [-0.2, -0.15) is 0 Å². The van der Waals surface area contributed by atoms with Gasteiger partial charge in [0.2, 0.25) is 0 Å². The van der Waals surface area contributed by atoms with Gasteiger partial charge in [-0.25, -0.2) is 0 Å². The third-order valence-corrected chi connectivity index (χ3v) is 7.70. The highest BCUT2D eigenvalue weighted by Gasteiger charge is 2.54. The molecule has 0 radical (unpaired) electrons. The second kappa shape index (κ2) is 4.56. The quantitative estimate of drug-likeness (QED) is 0.735. The Labute approximate surface area is 122 Å². The van der Waals surface area contributed by atoms with Crippen LogP contribution < -0.4 is 5.73 Å². The average molecular weight is 275 g/mol. The van der Waals surface area contributed by atoms with E-state index in [2.05, 4.69) is 6.92 Å². The highest BCUT2D eigenvalue weighted by Crippen LogP contribution is 2.62. The van der Waals surface area contributed by atoms with Gasteiger partial charge in [-0.15, -0.1) is 0 Å². The molecule has 20 heavy (non-hydrogen) atoms. The Kier molecular flexibility index (Phi) is 3.03. The standard InChI is InChI=1S/C18H29NO/c1-18-7-2-3-15(18)13-5-4-11-9-17(20)16(19)10-14(11)12(13)6-8-18/h11-16H,2-10,19H2,1H3/t11?,12-,13+,14-,15-,16?,18-/m0/s1. The zero-order chi connectivity index (χ0) is 13.9. The molecule has 0 saturated heterocycles. The number of nitrogens with two attached hydrogens (primary N) is 1. The molecule has 0 aromatic carbocycles. The van der Waals surface area contributed by atoms with Crippen molar-refractivity contribution in [1.29, 1.82) is 0 Å². The van der Waals surface area contributed by atoms with Gasteiger partial charge in [0.15, 0.2) is 0 Å². The van der Waals surface area contributed by atoms with Crippen molar-refractivity contribution in [3.63, 3.8) is 0 Å². The molecule has 7 atom stereocenters. The van der Waals surface area contributed by atoms with E-state index >= 15 is 0 Å². The first-order valence-corrected chi connectivity index (χ1v) is 8.87. The van der Waals surface area contributed by atoms with Crippen LogP contribution in [-0.4, -0.2) is 11.8 Å². The van der Waals surface area contributed by atoms with E-state index in [-0.39, 0.29) is 6.04 Å². The van der Waals surface area contributed by atoms with Crippen LogP contribution in [0.2, 0.25) is 0 Å². The Morgan fingerprint density at radius 1 is 1.05 bits per heavy atom. The van der Waals surface area contributed by atoms with Gasteiger partial charge in [0.05, 0.1) is 6.04 Å². The zero-order valence-corrected chi connectivity index (χ0v) is 12.8. The molecule has 4 saturated carbocycles. The third-order valence-electron chi connectivity index (χ3n) is 7.70. The number of rotatable bonds is 0. The molecular formula is C18H29NO. The van der Waals surface area contributed by atoms with Gasteiger partial charge < -0.3 is 5.73 Å². The maximum Gasteiger partial charge on any atom is 0.149 e. The second-order valence-electron chi connectivity index (χ2n) is 8.53. The number of hydrogen-bond donors (Lipinski definition) is 1. The first-order chi connectivity index (χ1) is 9.58. The van der Waals surface area contributed by atoms with Crippen LogP contribution in [0.4, 0.5) is 0 Å². The Hall–Kier alpha value is -0.370. The summed E-state index contributed by atoms with van der Waals surface area (Å²) in [6, 6.07) is -0.146. The van der Waals surface area contributed by atoms with E-state index in [4.69, 9.17) is 5.73 Å². The molecule has 4 aliphatic rings. The van der Waals surface area contributed by atoms with E-state index in [1.54, 1.807) is 0 Å². The van der Waals surface area contributed by atoms with Crippen LogP contribution in [0, 0.1) is 35.0 Å². The molecule has 0 aromatic rings. The van der Waals surface area contributed by atoms with E-state index in [9.17, 15) is 4.79 Å². The molecule has 2 unspecified atom stereocenters. The molecule has 4 aliphatic carbocycles. The van der Waals surface area contributed by atoms with Crippen LogP contribution in [-0.2, 0) is 4.79 Å². The van der Waals surface area contributed by atoms with E-state index in [1.165, 1.54) is 44.9 Å². The van der Waals surface area contributed by atoms with Crippen LogP contribution in [0.5, 0.6) is 0 Å². The SMILES string of the molecule is C[C@@]12CCC[C@H]1[C@@H]1CCC3CC(=O)C(N)C[C@@H]3[C@H]1CC2. The van der Waals surface area contributed by atoms with Crippen molar-refractivity contribution in [3.05, 3.63) is 0 Å². The smallest absolute Gasteiger partial charge is 0.149 e. The van der Waals surface area contributed by atoms with Gasteiger partial charge in [0, 0.05) is 6.42 Å². The van der Waals surface area contributed by atoms with Crippen LogP contribution in [0.1, 0.15) is 64.7 Å². The van der Waals surface area contributed by atoms with E-state index in [0.29, 0.717) is 17.1 Å². The molecule has 0 amide bonds. The van der Waals surface area contributed by atoms with Crippen LogP contribution >= 0.6 is 0 Å². The Morgan fingerprint density at radius 3 is 2.75 bits per heavy atom. The summed E-state index contributed by atoms with van der Waals surface area (Å²) in [6.45, 7) is 2.56. The van der Waals surface area contributed by atoms with Crippen molar-refractivity contribution < 1.29 is 4.79 Å². The molecule has 2 N–H and O–H groups in total. The Balaban J connectivity index is 1.58. The number of carbonyl (C=O) groups is 1. The fourth-order valence-electron chi connectivity index (χ4n) is 6.68. The van der Waals surface area contributed by atoms with Crippen molar-refractivity contribution >= 4 is 5.78 Å². The van der Waals surface area contributed by atoms with E-state index < -0.39 is 0 Å². The zero-order valence-electron chi connectivity index (χ0n) is 12.8. The summed E-state index contributed by atoms with van der Waals surface area (Å²) < 4.78 is 0. The fraction of sp³-hybridized carbons (Fsp3) is 0.944. The van der Waals surface area contributed by atoms with Gasteiger partial charge in [0.1, 0.15) is 5.78 Å². The maximum atomic E-state index is 11.9. The van der Waals surface area contributed by atoms with Crippen molar-refractivity contribution in [3.8, 4) is 0 Å². The van der Waals surface area contributed by atoms with Gasteiger partial charge >= 0.3 is 0 Å². The number of carbonyl (C=O) groups excluding carboxylic acids is 1. The van der Waals surface area contributed by atoms with Gasteiger partial charge in [-0.05, 0) is 80.0 Å². The summed E-state index contributed by atoms with van der Waals surface area (Å²) in [4.78, 5) is 11.9. The number of hydrogen-bond acceptors (Lipinski definition) is 2. The van der Waals surface area contributed by atoms with Crippen molar-refractivity contribution in [2.75, 3.05) is 0 Å². The highest BCUT2D eigenvalue weighted by molar-refractivity contribution is 5.84. The highest BCUT2D eigenvalue weighted by atomic mass is 16.1. The second-order valence-corrected chi connectivity index (χ2v) is 8.53. The van der Waals surface area contributed by atoms with Gasteiger partial charge in [-0.3, -0.25) is 4.79 Å². The fourth-order valence-corrected chi connectivity index (χ4v) is 6.68. The van der Waals surface area contributed by atoms with Crippen molar-refractivity contribution in [1.82, 2.24) is 0 Å². The number of ketones is 1. The average Bonchev–Trinajstić information content (AvgIpc) is 2.82. The number of Topliss-reactive ketones (excluding diaryl/α,β-unsaturated/α-hetero) is 1. The summed E-state index contributed by atoms with van der Waals surface area (Å²) in [5.41, 5.74) is 6.74. The minimum atomic E-state index is -0.146. The molecule has 4 fully saturated rings. The molecule has 112 valence electrons. The van der Waals surface area contributed by atoms with E-state index in [0.717, 1.165) is 36.5 Å². The minimum absolute atomic E-state index is 0.146. The third kappa shape index (κ3) is 1.83. The monoisotopic (exact) mass is 275 g/mol. The van der Waals surface area contributed by atoms with Gasteiger partial charge in [0.25, 0.3) is 0 Å². The minimum Gasteiger partial charge on any atom is -0.321 e. The molecule has 0 heterocycles. The Bertz CT molecular complexity index is 420. The Morgan fingerprint density at radius 2 is 1.90 bits per heavy atom. The lowest BCUT2D eigenvalue weighted by molar-refractivity contribution is -0.129. The molecule has 2 heteroatoms. The van der Waals surface area contributed by atoms with Crippen LogP contribution in [0.3, 0.4) is 0 Å². The topological polar surface area (TPSA) is 43.1 Å². The predicted octanol–water partition coefficient (Wildman–Crippen LogP) is 3.54. The predicted molar refractivity (Wildman–Crippen MR) is 80.1 cm³/mol. The first kappa shape index (κ1) is 13.3. The van der Waals surface area contributed by atoms with E-state index in [1.807, 2.05) is 0 Å². The van der Waals surface area contributed by atoms with Crippen molar-refractivity contribution in [2.24, 2.45) is 40.7 Å². The lowest BCUT2D eigenvalue weighted by atomic mass is 9.50. The summed E-state index contributed by atoms with van der Waals surface area (Å²) in [7, 11) is 0. The molecule has 0 aliphatic heterocycles. The normalized spacial score (nSPS) is 55.0. The van der Waals surface area contributed by atoms with Gasteiger partial charge in [-0.1, -0.05) is 13.3 Å². The lowest BCUT2D eigenvalue weighted by Gasteiger charge is -2.55. The molecule has 2 nitrogen and oxygen atoms in total. The molecule has 4 rings (SSSR count). The van der Waals surface area contributed by atoms with Crippen LogP contribution in [0.25, 0.3) is 0 Å². The molecule has 0 bridgehead atoms. The van der Waals surface area contributed by atoms with Crippen molar-refractivity contribution in [2.45, 2.75) is 70.8 Å². The maximum absolute atomic E-state index is 11.9. The lowest BCUT2D eigenvalue weighted by Crippen LogP contribution is -2.51. The first-order valence-electron chi connectivity index (χ1n) is 8.87. The summed E-state index contributed by atoms with van der Waals surface area (Å²) in [6.07, 6.45) is 11.7. The largest absolute Gasteiger partial charge is 0.321 e.